The molecule has 0 spiro atoms. The number of aromatic amines is 1. The summed E-state index contributed by atoms with van der Waals surface area (Å²) in [5, 5.41) is 2.71. The van der Waals surface area contributed by atoms with Crippen LogP contribution < -0.4 is 15.8 Å². The summed E-state index contributed by atoms with van der Waals surface area (Å²) in [6.45, 7) is 5.40. The van der Waals surface area contributed by atoms with Crippen LogP contribution in [0.4, 0.5) is 16.8 Å². The number of hydrogen-bond donors (Lipinski definition) is 2. The minimum absolute atomic E-state index is 0.175. The van der Waals surface area contributed by atoms with E-state index in [0.717, 1.165) is 12.1 Å². The smallest absolute Gasteiger partial charge is 0.325 e. The van der Waals surface area contributed by atoms with Gasteiger partial charge in [0, 0.05) is 45.8 Å². The van der Waals surface area contributed by atoms with Gasteiger partial charge in [-0.3, -0.25) is 20.0 Å². The van der Waals surface area contributed by atoms with Gasteiger partial charge in [0.15, 0.2) is 0 Å². The van der Waals surface area contributed by atoms with Crippen molar-refractivity contribution in [3.05, 3.63) is 33.6 Å². The fourth-order valence-corrected chi connectivity index (χ4v) is 3.15. The van der Waals surface area contributed by atoms with Crippen LogP contribution in [-0.4, -0.2) is 71.1 Å². The van der Waals surface area contributed by atoms with E-state index < -0.39 is 0 Å². The molecule has 2 amide bonds. The molecule has 1 unspecified atom stereocenters. The van der Waals surface area contributed by atoms with E-state index in [2.05, 4.69) is 25.2 Å². The monoisotopic (exact) mass is 389 g/mol. The third-order valence-corrected chi connectivity index (χ3v) is 4.93. The lowest BCUT2D eigenvalue weighted by molar-refractivity contribution is 0.207. The third-order valence-electron chi connectivity index (χ3n) is 4.93. The summed E-state index contributed by atoms with van der Waals surface area (Å²) in [4.78, 5) is 41.3. The number of urea groups is 1. The fourth-order valence-electron chi connectivity index (χ4n) is 3.15. The van der Waals surface area contributed by atoms with Gasteiger partial charge >= 0.3 is 12.0 Å². The molecule has 1 aliphatic rings. The summed E-state index contributed by atoms with van der Waals surface area (Å²) in [7, 11) is 5.64. The van der Waals surface area contributed by atoms with Gasteiger partial charge < -0.3 is 14.2 Å². The number of likely N-dealkylation sites (tertiary alicyclic amines) is 1. The minimum Gasteiger partial charge on any atom is -0.428 e. The van der Waals surface area contributed by atoms with Gasteiger partial charge in [0.2, 0.25) is 5.95 Å². The van der Waals surface area contributed by atoms with Gasteiger partial charge in [-0.1, -0.05) is 0 Å². The first-order valence-electron chi connectivity index (χ1n) is 9.20. The van der Waals surface area contributed by atoms with Gasteiger partial charge in [-0.15, -0.1) is 0 Å². The molecule has 28 heavy (non-hydrogen) atoms. The average molecular weight is 389 g/mol. The van der Waals surface area contributed by atoms with E-state index in [-0.39, 0.29) is 23.6 Å². The zero-order valence-corrected chi connectivity index (χ0v) is 16.9. The topological polar surface area (TPSA) is 111 Å². The van der Waals surface area contributed by atoms with Crippen molar-refractivity contribution in [2.45, 2.75) is 32.9 Å². The zero-order valence-electron chi connectivity index (χ0n) is 16.9. The highest BCUT2D eigenvalue weighted by Gasteiger charge is 2.29. The van der Waals surface area contributed by atoms with Crippen LogP contribution in [0.3, 0.4) is 0 Å². The summed E-state index contributed by atoms with van der Waals surface area (Å²) in [5.41, 5.74) is 1.28. The van der Waals surface area contributed by atoms with Crippen molar-refractivity contribution in [1.29, 1.82) is 0 Å². The van der Waals surface area contributed by atoms with Crippen molar-refractivity contribution in [3.63, 3.8) is 0 Å². The number of H-pyrrole nitrogens is 1. The van der Waals surface area contributed by atoms with E-state index in [1.807, 2.05) is 35.0 Å². The Kier molecular flexibility index (Phi) is 5.68. The molecule has 1 aliphatic heterocycles. The molecule has 0 radical (unpaired) electrons. The van der Waals surface area contributed by atoms with Crippen molar-refractivity contribution in [1.82, 2.24) is 24.8 Å². The minimum atomic E-state index is -0.221. The molecule has 10 nitrogen and oxygen atoms in total. The normalized spacial score (nSPS) is 16.6. The van der Waals surface area contributed by atoms with Gasteiger partial charge in [-0.2, -0.15) is 4.98 Å². The highest BCUT2D eigenvalue weighted by Crippen LogP contribution is 2.19. The van der Waals surface area contributed by atoms with Gasteiger partial charge in [-0.05, 0) is 27.3 Å². The van der Waals surface area contributed by atoms with Crippen LogP contribution in [-0.2, 0) is 6.54 Å². The number of oxazole rings is 1. The van der Waals surface area contributed by atoms with Crippen molar-refractivity contribution >= 4 is 18.0 Å². The van der Waals surface area contributed by atoms with Crippen molar-refractivity contribution in [3.8, 4) is 0 Å². The molecular formula is C18H27N7O3. The highest BCUT2D eigenvalue weighted by molar-refractivity contribution is 5.87. The van der Waals surface area contributed by atoms with Crippen LogP contribution in [0.2, 0.25) is 0 Å². The molecule has 0 aromatic carbocycles. The molecule has 2 aromatic heterocycles. The summed E-state index contributed by atoms with van der Waals surface area (Å²) in [6, 6.07) is 1.70. The van der Waals surface area contributed by atoms with Crippen molar-refractivity contribution in [2.24, 2.45) is 0 Å². The average Bonchev–Trinajstić information content (AvgIpc) is 3.22. The number of amides is 2. The van der Waals surface area contributed by atoms with Gasteiger partial charge in [0.1, 0.15) is 5.76 Å². The van der Waals surface area contributed by atoms with E-state index in [4.69, 9.17) is 4.42 Å². The summed E-state index contributed by atoms with van der Waals surface area (Å²) in [5.74, 6) is 1.22. The molecule has 10 heteroatoms. The second-order valence-electron chi connectivity index (χ2n) is 7.35. The summed E-state index contributed by atoms with van der Waals surface area (Å²) in [6.07, 6.45) is 0.845. The van der Waals surface area contributed by atoms with Crippen LogP contribution in [0.5, 0.6) is 0 Å². The Bertz CT molecular complexity index is 885. The maximum absolute atomic E-state index is 12.5. The second kappa shape index (κ2) is 8.01. The number of likely N-dealkylation sites (N-methyl/N-ethyl adjacent to an activating group) is 1. The zero-order chi connectivity index (χ0) is 20.4. The first kappa shape index (κ1) is 19.9. The van der Waals surface area contributed by atoms with Crippen LogP contribution in [0.25, 0.3) is 0 Å². The number of nitrogens with zero attached hydrogens (tertiary/aromatic N) is 5. The molecule has 0 aliphatic carbocycles. The van der Waals surface area contributed by atoms with Gasteiger partial charge in [0.25, 0.3) is 5.56 Å². The molecule has 0 saturated carbocycles. The van der Waals surface area contributed by atoms with Crippen LogP contribution in [0.1, 0.15) is 23.6 Å². The predicted molar refractivity (Wildman–Crippen MR) is 106 cm³/mol. The number of hydrogen-bond acceptors (Lipinski definition) is 7. The summed E-state index contributed by atoms with van der Waals surface area (Å²) >= 11 is 0. The first-order chi connectivity index (χ1) is 13.2. The Balaban J connectivity index is 1.58. The molecule has 3 rings (SSSR count). The quantitative estimate of drug-likeness (QED) is 0.790. The molecular weight excluding hydrogens is 362 g/mol. The van der Waals surface area contributed by atoms with Crippen molar-refractivity contribution in [2.75, 3.05) is 44.4 Å². The van der Waals surface area contributed by atoms with Gasteiger partial charge in [0.05, 0.1) is 11.4 Å². The Morgan fingerprint density at radius 2 is 2.11 bits per heavy atom. The van der Waals surface area contributed by atoms with E-state index in [1.165, 1.54) is 6.07 Å². The summed E-state index contributed by atoms with van der Waals surface area (Å²) < 4.78 is 5.41. The number of carbonyl (C=O) groups excluding carboxylic acids is 1. The fraction of sp³-hybridized carbons (Fsp3) is 0.556. The SMILES string of the molecule is Cc1nc(NC(=O)N2CCC(N(C)Cc3cc(=O)[nH]c(N(C)C)n3)C2)oc1C. The largest absolute Gasteiger partial charge is 0.428 e. The molecule has 1 atom stereocenters. The predicted octanol–water partition coefficient (Wildman–Crippen LogP) is 1.18. The van der Waals surface area contributed by atoms with Crippen LogP contribution >= 0.6 is 0 Å². The van der Waals surface area contributed by atoms with E-state index in [9.17, 15) is 9.59 Å². The Morgan fingerprint density at radius 1 is 1.36 bits per heavy atom. The molecule has 1 fully saturated rings. The molecule has 0 bridgehead atoms. The number of carbonyl (C=O) groups is 1. The van der Waals surface area contributed by atoms with E-state index in [1.54, 1.807) is 9.80 Å². The Hall–Kier alpha value is -2.88. The lowest BCUT2D eigenvalue weighted by atomic mass is 10.2. The maximum Gasteiger partial charge on any atom is 0.325 e. The number of rotatable bonds is 5. The van der Waals surface area contributed by atoms with E-state index in [0.29, 0.717) is 37.0 Å². The van der Waals surface area contributed by atoms with Crippen LogP contribution in [0, 0.1) is 13.8 Å². The molecule has 2 aromatic rings. The maximum atomic E-state index is 12.5. The molecule has 1 saturated heterocycles. The lowest BCUT2D eigenvalue weighted by Gasteiger charge is -2.24. The van der Waals surface area contributed by atoms with Crippen molar-refractivity contribution < 1.29 is 9.21 Å². The Labute approximate surface area is 163 Å². The molecule has 152 valence electrons. The lowest BCUT2D eigenvalue weighted by Crippen LogP contribution is -2.38. The second-order valence-corrected chi connectivity index (χ2v) is 7.35. The number of anilines is 2. The number of aromatic nitrogens is 3. The number of nitrogens with one attached hydrogen (secondary N) is 2. The first-order valence-corrected chi connectivity index (χ1v) is 9.20. The third kappa shape index (κ3) is 4.50. The highest BCUT2D eigenvalue weighted by atomic mass is 16.4. The van der Waals surface area contributed by atoms with E-state index >= 15 is 0 Å². The molecule has 3 heterocycles. The standard InChI is InChI=1S/C18H27N7O3/c1-11-12(2)28-17(19-11)22-18(27)25-7-6-14(10-25)24(5)9-13-8-15(26)21-16(20-13)23(3)4/h8,14H,6-7,9-10H2,1-5H3,(H,19,22,27)(H,20,21,26). The van der Waals surface area contributed by atoms with Gasteiger partial charge in [-0.25, -0.2) is 9.78 Å². The Morgan fingerprint density at radius 3 is 2.75 bits per heavy atom. The number of aryl methyl sites for hydroxylation is 2. The molecule has 2 N–H and O–H groups in total. The van der Waals surface area contributed by atoms with Crippen LogP contribution in [0.15, 0.2) is 15.3 Å².